The first-order valence-electron chi connectivity index (χ1n) is 6.19. The Morgan fingerprint density at radius 3 is 2.52 bits per heavy atom. The Morgan fingerprint density at radius 1 is 0.952 bits per heavy atom. The third-order valence-electron chi connectivity index (χ3n) is 3.00. The SMILES string of the molecule is COc1ccc(-c2cnc3nc(N)ncc3n2)cc1OC. The molecule has 21 heavy (non-hydrogen) atoms. The van der Waals surface area contributed by atoms with Crippen LogP contribution in [0.5, 0.6) is 11.5 Å². The highest BCUT2D eigenvalue weighted by Gasteiger charge is 2.09. The van der Waals surface area contributed by atoms with Crippen molar-refractivity contribution in [3.8, 4) is 22.8 Å². The predicted octanol–water partition coefficient (Wildman–Crippen LogP) is 1.69. The highest BCUT2D eigenvalue weighted by atomic mass is 16.5. The number of fused-ring (bicyclic) bond motifs is 1. The zero-order valence-electron chi connectivity index (χ0n) is 11.6. The van der Waals surface area contributed by atoms with Crippen LogP contribution in [0.2, 0.25) is 0 Å². The Balaban J connectivity index is 2.09. The van der Waals surface area contributed by atoms with Gasteiger partial charge in [0.25, 0.3) is 0 Å². The van der Waals surface area contributed by atoms with Gasteiger partial charge in [0.05, 0.1) is 32.3 Å². The second kappa shape index (κ2) is 5.20. The van der Waals surface area contributed by atoms with Crippen molar-refractivity contribution in [2.45, 2.75) is 0 Å². The standard InChI is InChI=1S/C14H13N5O2/c1-20-11-4-3-8(5-12(11)21-2)9-6-16-13-10(18-9)7-17-14(15)19-13/h3-7H,1-2H3,(H2,15,16,17,19). The summed E-state index contributed by atoms with van der Waals surface area (Å²) in [7, 11) is 3.18. The number of aromatic nitrogens is 4. The Hall–Kier alpha value is -2.96. The van der Waals surface area contributed by atoms with Gasteiger partial charge in [-0.15, -0.1) is 0 Å². The van der Waals surface area contributed by atoms with E-state index in [1.54, 1.807) is 26.6 Å². The number of anilines is 1. The van der Waals surface area contributed by atoms with Crippen LogP contribution in [0.4, 0.5) is 5.95 Å². The van der Waals surface area contributed by atoms with Crippen molar-refractivity contribution in [2.24, 2.45) is 0 Å². The quantitative estimate of drug-likeness (QED) is 0.781. The summed E-state index contributed by atoms with van der Waals surface area (Å²) in [4.78, 5) is 16.7. The van der Waals surface area contributed by atoms with Crippen molar-refractivity contribution in [2.75, 3.05) is 20.0 Å². The van der Waals surface area contributed by atoms with Crippen LogP contribution in [0.25, 0.3) is 22.4 Å². The monoisotopic (exact) mass is 283 g/mol. The van der Waals surface area contributed by atoms with Gasteiger partial charge in [0.15, 0.2) is 17.1 Å². The molecule has 106 valence electrons. The average molecular weight is 283 g/mol. The molecule has 0 saturated heterocycles. The molecule has 0 bridgehead atoms. The first-order chi connectivity index (χ1) is 10.2. The van der Waals surface area contributed by atoms with Crippen molar-refractivity contribution in [1.29, 1.82) is 0 Å². The molecule has 0 saturated carbocycles. The van der Waals surface area contributed by atoms with E-state index in [1.807, 2.05) is 18.2 Å². The van der Waals surface area contributed by atoms with E-state index in [0.717, 1.165) is 5.56 Å². The largest absolute Gasteiger partial charge is 0.493 e. The minimum Gasteiger partial charge on any atom is -0.493 e. The maximum absolute atomic E-state index is 5.52. The predicted molar refractivity (Wildman–Crippen MR) is 78.1 cm³/mol. The van der Waals surface area contributed by atoms with Crippen LogP contribution in [0, 0.1) is 0 Å². The molecule has 3 rings (SSSR count). The van der Waals surface area contributed by atoms with E-state index in [-0.39, 0.29) is 5.95 Å². The Bertz CT molecular complexity index is 806. The molecule has 0 aliphatic heterocycles. The zero-order chi connectivity index (χ0) is 14.8. The smallest absolute Gasteiger partial charge is 0.222 e. The number of nitrogens with two attached hydrogens (primary N) is 1. The summed E-state index contributed by atoms with van der Waals surface area (Å²) in [6, 6.07) is 5.54. The molecule has 0 aliphatic rings. The van der Waals surface area contributed by atoms with Crippen LogP contribution >= 0.6 is 0 Å². The Kier molecular flexibility index (Phi) is 3.23. The number of methoxy groups -OCH3 is 2. The topological polar surface area (TPSA) is 96.0 Å². The molecule has 0 radical (unpaired) electrons. The van der Waals surface area contributed by atoms with Gasteiger partial charge in [-0.2, -0.15) is 4.98 Å². The van der Waals surface area contributed by atoms with Crippen molar-refractivity contribution >= 4 is 17.1 Å². The molecule has 0 aliphatic carbocycles. The number of rotatable bonds is 3. The number of hydrogen-bond acceptors (Lipinski definition) is 7. The average Bonchev–Trinajstić information content (AvgIpc) is 2.53. The van der Waals surface area contributed by atoms with Crippen molar-refractivity contribution in [3.63, 3.8) is 0 Å². The summed E-state index contributed by atoms with van der Waals surface area (Å²) < 4.78 is 10.5. The fourth-order valence-corrected chi connectivity index (χ4v) is 1.97. The van der Waals surface area contributed by atoms with Crippen molar-refractivity contribution in [3.05, 3.63) is 30.6 Å². The van der Waals surface area contributed by atoms with Crippen LogP contribution in [0.1, 0.15) is 0 Å². The maximum atomic E-state index is 5.52. The van der Waals surface area contributed by atoms with E-state index in [4.69, 9.17) is 15.2 Å². The fraction of sp³-hybridized carbons (Fsp3) is 0.143. The number of hydrogen-bond donors (Lipinski definition) is 1. The Labute approximate surface area is 120 Å². The van der Waals surface area contributed by atoms with E-state index >= 15 is 0 Å². The second-order valence-electron chi connectivity index (χ2n) is 4.26. The lowest BCUT2D eigenvalue weighted by atomic mass is 10.1. The summed E-state index contributed by atoms with van der Waals surface area (Å²) in [5.41, 5.74) is 8.12. The molecule has 3 aromatic rings. The molecule has 0 atom stereocenters. The fourth-order valence-electron chi connectivity index (χ4n) is 1.97. The Morgan fingerprint density at radius 2 is 1.76 bits per heavy atom. The van der Waals surface area contributed by atoms with Crippen molar-refractivity contribution in [1.82, 2.24) is 19.9 Å². The minimum absolute atomic E-state index is 0.177. The van der Waals surface area contributed by atoms with Gasteiger partial charge in [-0.1, -0.05) is 0 Å². The van der Waals surface area contributed by atoms with Gasteiger partial charge in [-0.3, -0.25) is 0 Å². The normalized spacial score (nSPS) is 10.6. The number of nitrogens with zero attached hydrogens (tertiary/aromatic N) is 4. The molecule has 2 heterocycles. The highest BCUT2D eigenvalue weighted by Crippen LogP contribution is 2.31. The first kappa shape index (κ1) is 13.0. The van der Waals surface area contributed by atoms with Crippen LogP contribution in [-0.2, 0) is 0 Å². The van der Waals surface area contributed by atoms with Gasteiger partial charge in [-0.25, -0.2) is 15.0 Å². The van der Waals surface area contributed by atoms with Crippen LogP contribution in [-0.4, -0.2) is 34.2 Å². The van der Waals surface area contributed by atoms with Gasteiger partial charge in [0, 0.05) is 5.56 Å². The molecular weight excluding hydrogens is 270 g/mol. The first-order valence-corrected chi connectivity index (χ1v) is 6.19. The van der Waals surface area contributed by atoms with Gasteiger partial charge >= 0.3 is 0 Å². The van der Waals surface area contributed by atoms with E-state index in [1.165, 1.54) is 0 Å². The second-order valence-corrected chi connectivity index (χ2v) is 4.26. The van der Waals surface area contributed by atoms with Crippen LogP contribution in [0.15, 0.2) is 30.6 Å². The maximum Gasteiger partial charge on any atom is 0.222 e. The van der Waals surface area contributed by atoms with Crippen LogP contribution in [0.3, 0.4) is 0 Å². The molecule has 2 aromatic heterocycles. The molecule has 2 N–H and O–H groups in total. The summed E-state index contributed by atoms with van der Waals surface area (Å²) in [5.74, 6) is 1.47. The molecular formula is C14H13N5O2. The molecule has 1 aromatic carbocycles. The summed E-state index contributed by atoms with van der Waals surface area (Å²) in [6.45, 7) is 0. The molecule has 0 spiro atoms. The number of ether oxygens (including phenoxy) is 2. The molecule has 7 heteroatoms. The summed E-state index contributed by atoms with van der Waals surface area (Å²) in [6.07, 6.45) is 3.19. The lowest BCUT2D eigenvalue weighted by Crippen LogP contribution is -1.98. The zero-order valence-corrected chi connectivity index (χ0v) is 11.6. The van der Waals surface area contributed by atoms with E-state index in [0.29, 0.717) is 28.4 Å². The lowest BCUT2D eigenvalue weighted by Gasteiger charge is -2.09. The summed E-state index contributed by atoms with van der Waals surface area (Å²) >= 11 is 0. The van der Waals surface area contributed by atoms with Crippen LogP contribution < -0.4 is 15.2 Å². The van der Waals surface area contributed by atoms with Gasteiger partial charge in [0.1, 0.15) is 5.52 Å². The molecule has 7 nitrogen and oxygen atoms in total. The summed E-state index contributed by atoms with van der Waals surface area (Å²) in [5, 5.41) is 0. The van der Waals surface area contributed by atoms with E-state index in [9.17, 15) is 0 Å². The van der Waals surface area contributed by atoms with Gasteiger partial charge in [0.2, 0.25) is 5.95 Å². The minimum atomic E-state index is 0.177. The molecule has 0 fully saturated rings. The molecule has 0 amide bonds. The molecule has 0 unspecified atom stereocenters. The number of nitrogen functional groups attached to an aromatic ring is 1. The van der Waals surface area contributed by atoms with Gasteiger partial charge < -0.3 is 15.2 Å². The lowest BCUT2D eigenvalue weighted by molar-refractivity contribution is 0.355. The number of benzene rings is 1. The van der Waals surface area contributed by atoms with Crippen molar-refractivity contribution < 1.29 is 9.47 Å². The third-order valence-corrected chi connectivity index (χ3v) is 3.00. The third kappa shape index (κ3) is 2.40. The van der Waals surface area contributed by atoms with Gasteiger partial charge in [-0.05, 0) is 18.2 Å². The van der Waals surface area contributed by atoms with E-state index < -0.39 is 0 Å². The highest BCUT2D eigenvalue weighted by molar-refractivity contribution is 5.74. The van der Waals surface area contributed by atoms with E-state index in [2.05, 4.69) is 19.9 Å².